The van der Waals surface area contributed by atoms with Crippen molar-refractivity contribution in [2.24, 2.45) is 0 Å². The van der Waals surface area contributed by atoms with Crippen LogP contribution < -0.4 is 5.56 Å². The van der Waals surface area contributed by atoms with Gasteiger partial charge in [0.2, 0.25) is 0 Å². The number of aromatic amines is 1. The van der Waals surface area contributed by atoms with Crippen molar-refractivity contribution in [3.63, 3.8) is 0 Å². The average Bonchev–Trinajstić information content (AvgIpc) is 3.02. The van der Waals surface area contributed by atoms with Crippen LogP contribution in [0.2, 0.25) is 0 Å². The fraction of sp³-hybridized carbons (Fsp3) is 0.300. The molecular formula is C10H9N3OS. The number of pyridine rings is 1. The van der Waals surface area contributed by atoms with Gasteiger partial charge in [0.15, 0.2) is 4.77 Å². The number of rotatable bonds is 1. The third-order valence-electron chi connectivity index (χ3n) is 2.61. The second-order valence-electron chi connectivity index (χ2n) is 3.74. The summed E-state index contributed by atoms with van der Waals surface area (Å²) in [5.41, 5.74) is 0.550. The zero-order valence-corrected chi connectivity index (χ0v) is 8.75. The lowest BCUT2D eigenvalue weighted by atomic mass is 10.3. The van der Waals surface area contributed by atoms with Crippen LogP contribution in [-0.4, -0.2) is 14.5 Å². The fourth-order valence-corrected chi connectivity index (χ4v) is 2.05. The van der Waals surface area contributed by atoms with Gasteiger partial charge in [-0.3, -0.25) is 9.36 Å². The third kappa shape index (κ3) is 1.31. The van der Waals surface area contributed by atoms with Crippen LogP contribution in [0.3, 0.4) is 0 Å². The van der Waals surface area contributed by atoms with Crippen molar-refractivity contribution in [3.8, 4) is 0 Å². The Morgan fingerprint density at radius 3 is 3.07 bits per heavy atom. The molecule has 0 saturated heterocycles. The van der Waals surface area contributed by atoms with Crippen molar-refractivity contribution in [2.75, 3.05) is 0 Å². The molecule has 0 radical (unpaired) electrons. The Balaban J connectivity index is 2.47. The smallest absolute Gasteiger partial charge is 0.264 e. The molecule has 0 spiro atoms. The van der Waals surface area contributed by atoms with E-state index in [9.17, 15) is 4.79 Å². The Labute approximate surface area is 90.6 Å². The van der Waals surface area contributed by atoms with Crippen molar-refractivity contribution in [2.45, 2.75) is 18.9 Å². The van der Waals surface area contributed by atoms with Crippen LogP contribution in [0.1, 0.15) is 18.9 Å². The van der Waals surface area contributed by atoms with Crippen LogP contribution in [0.4, 0.5) is 0 Å². The van der Waals surface area contributed by atoms with E-state index < -0.39 is 0 Å². The van der Waals surface area contributed by atoms with Crippen LogP contribution in [0.5, 0.6) is 0 Å². The van der Waals surface area contributed by atoms with Gasteiger partial charge in [-0.1, -0.05) is 0 Å². The van der Waals surface area contributed by atoms with Crippen LogP contribution in [0.25, 0.3) is 11.0 Å². The van der Waals surface area contributed by atoms with E-state index in [2.05, 4.69) is 9.97 Å². The van der Waals surface area contributed by atoms with E-state index in [1.165, 1.54) is 0 Å². The van der Waals surface area contributed by atoms with E-state index in [-0.39, 0.29) is 5.56 Å². The van der Waals surface area contributed by atoms with Crippen LogP contribution >= 0.6 is 12.2 Å². The van der Waals surface area contributed by atoms with Crippen molar-refractivity contribution in [1.29, 1.82) is 0 Å². The van der Waals surface area contributed by atoms with Gasteiger partial charge >= 0.3 is 0 Å². The number of hydrogen-bond donors (Lipinski definition) is 1. The summed E-state index contributed by atoms with van der Waals surface area (Å²) in [7, 11) is 0. The zero-order valence-electron chi connectivity index (χ0n) is 7.93. The summed E-state index contributed by atoms with van der Waals surface area (Å²) in [6, 6.07) is 3.83. The van der Waals surface area contributed by atoms with E-state index in [1.54, 1.807) is 22.9 Å². The molecule has 1 aliphatic rings. The topological polar surface area (TPSA) is 50.7 Å². The molecule has 1 aliphatic carbocycles. The quantitative estimate of drug-likeness (QED) is 0.744. The first kappa shape index (κ1) is 8.79. The first-order valence-corrected chi connectivity index (χ1v) is 5.28. The summed E-state index contributed by atoms with van der Waals surface area (Å²) in [6.45, 7) is 0. The highest BCUT2D eigenvalue weighted by Crippen LogP contribution is 2.33. The summed E-state index contributed by atoms with van der Waals surface area (Å²) >= 11 is 5.15. The largest absolute Gasteiger partial charge is 0.316 e. The van der Waals surface area contributed by atoms with Gasteiger partial charge in [0.1, 0.15) is 5.65 Å². The van der Waals surface area contributed by atoms with Crippen LogP contribution in [0.15, 0.2) is 23.1 Å². The number of aromatic nitrogens is 3. The second-order valence-corrected chi connectivity index (χ2v) is 4.12. The van der Waals surface area contributed by atoms with E-state index >= 15 is 0 Å². The minimum absolute atomic E-state index is 0.0237. The molecular weight excluding hydrogens is 210 g/mol. The van der Waals surface area contributed by atoms with Crippen molar-refractivity contribution >= 4 is 23.3 Å². The molecule has 76 valence electrons. The number of hydrogen-bond acceptors (Lipinski definition) is 3. The van der Waals surface area contributed by atoms with Gasteiger partial charge in [-0.25, -0.2) is 4.98 Å². The molecule has 2 aromatic heterocycles. The maximum absolute atomic E-state index is 12.1. The first-order valence-electron chi connectivity index (χ1n) is 4.87. The lowest BCUT2D eigenvalue weighted by Crippen LogP contribution is -2.21. The Morgan fingerprint density at radius 1 is 1.53 bits per heavy atom. The molecule has 1 saturated carbocycles. The molecule has 5 heteroatoms. The molecule has 0 bridgehead atoms. The highest BCUT2D eigenvalue weighted by atomic mass is 32.1. The van der Waals surface area contributed by atoms with Crippen molar-refractivity contribution in [3.05, 3.63) is 33.5 Å². The maximum Gasteiger partial charge on any atom is 0.264 e. The Bertz CT molecular complexity index is 639. The summed E-state index contributed by atoms with van der Waals surface area (Å²) in [5, 5.41) is 0.609. The minimum Gasteiger partial charge on any atom is -0.316 e. The lowest BCUT2D eigenvalue weighted by molar-refractivity contribution is 0.684. The predicted octanol–water partition coefficient (Wildman–Crippen LogP) is 1.79. The van der Waals surface area contributed by atoms with E-state index in [0.717, 1.165) is 12.8 Å². The average molecular weight is 219 g/mol. The molecule has 4 nitrogen and oxygen atoms in total. The third-order valence-corrected chi connectivity index (χ3v) is 2.91. The van der Waals surface area contributed by atoms with Gasteiger partial charge in [-0.2, -0.15) is 0 Å². The molecule has 1 fully saturated rings. The number of fused-ring (bicyclic) bond motifs is 1. The molecule has 0 atom stereocenters. The predicted molar refractivity (Wildman–Crippen MR) is 59.5 cm³/mol. The van der Waals surface area contributed by atoms with Gasteiger partial charge in [0, 0.05) is 12.2 Å². The number of H-pyrrole nitrogens is 1. The highest BCUT2D eigenvalue weighted by Gasteiger charge is 2.26. The monoisotopic (exact) mass is 219 g/mol. The Morgan fingerprint density at radius 2 is 2.33 bits per heavy atom. The number of nitrogens with zero attached hydrogens (tertiary/aromatic N) is 2. The van der Waals surface area contributed by atoms with Crippen LogP contribution in [0, 0.1) is 4.77 Å². The molecule has 0 aromatic carbocycles. The summed E-state index contributed by atoms with van der Waals surface area (Å²) in [6.07, 6.45) is 3.74. The maximum atomic E-state index is 12.1. The second kappa shape index (κ2) is 3.00. The highest BCUT2D eigenvalue weighted by molar-refractivity contribution is 7.71. The van der Waals surface area contributed by atoms with Gasteiger partial charge in [0.05, 0.1) is 5.39 Å². The Kier molecular flexibility index (Phi) is 1.76. The molecule has 0 aliphatic heterocycles. The van der Waals surface area contributed by atoms with E-state index in [0.29, 0.717) is 21.8 Å². The molecule has 15 heavy (non-hydrogen) atoms. The van der Waals surface area contributed by atoms with Crippen molar-refractivity contribution < 1.29 is 0 Å². The summed E-state index contributed by atoms with van der Waals surface area (Å²) in [4.78, 5) is 19.1. The molecule has 0 amide bonds. The van der Waals surface area contributed by atoms with Crippen LogP contribution in [-0.2, 0) is 0 Å². The fourth-order valence-electron chi connectivity index (χ4n) is 1.73. The Hall–Kier alpha value is -1.49. The van der Waals surface area contributed by atoms with E-state index in [4.69, 9.17) is 12.2 Å². The van der Waals surface area contributed by atoms with Gasteiger partial charge in [-0.05, 0) is 37.2 Å². The minimum atomic E-state index is -0.0237. The number of nitrogens with one attached hydrogen (secondary N) is 1. The molecule has 2 heterocycles. The van der Waals surface area contributed by atoms with Gasteiger partial charge < -0.3 is 4.98 Å². The van der Waals surface area contributed by atoms with Gasteiger partial charge in [0.25, 0.3) is 5.56 Å². The summed E-state index contributed by atoms with van der Waals surface area (Å²) < 4.78 is 2.15. The normalized spacial score (nSPS) is 15.7. The lowest BCUT2D eigenvalue weighted by Gasteiger charge is -2.04. The van der Waals surface area contributed by atoms with Crippen molar-refractivity contribution in [1.82, 2.24) is 14.5 Å². The SMILES string of the molecule is O=c1c2cccnc2[nH]c(=S)n1C1CC1. The van der Waals surface area contributed by atoms with Gasteiger partial charge in [-0.15, -0.1) is 0 Å². The molecule has 3 rings (SSSR count). The first-order chi connectivity index (χ1) is 7.27. The summed E-state index contributed by atoms with van der Waals surface area (Å²) in [5.74, 6) is 0. The van der Waals surface area contributed by atoms with E-state index in [1.807, 2.05) is 0 Å². The molecule has 1 N–H and O–H groups in total. The molecule has 0 unspecified atom stereocenters. The molecule has 2 aromatic rings. The zero-order chi connectivity index (χ0) is 10.4. The standard InChI is InChI=1S/C10H9N3OS/c14-9-7-2-1-5-11-8(7)12-10(15)13(9)6-3-4-6/h1-2,5-6H,3-4H2,(H,11,12,15).